The molecule has 0 aliphatic carbocycles. The van der Waals surface area contributed by atoms with Gasteiger partial charge in [-0.3, -0.25) is 4.98 Å². The maximum absolute atomic E-state index is 11.5. The number of hydrogen-bond acceptors (Lipinski definition) is 3. The summed E-state index contributed by atoms with van der Waals surface area (Å²) in [7, 11) is 1.38. The summed E-state index contributed by atoms with van der Waals surface area (Å²) in [5.74, 6) is -0.326. The van der Waals surface area contributed by atoms with Crippen molar-refractivity contribution in [3.8, 4) is 11.1 Å². The predicted octanol–water partition coefficient (Wildman–Crippen LogP) is 4.00. The van der Waals surface area contributed by atoms with Crippen molar-refractivity contribution in [3.63, 3.8) is 0 Å². The third-order valence-electron chi connectivity index (χ3n) is 3.48. The minimum absolute atomic E-state index is 0.326. The van der Waals surface area contributed by atoms with Crippen LogP contribution in [0.5, 0.6) is 0 Å². The molecule has 2 aromatic carbocycles. The van der Waals surface area contributed by atoms with Gasteiger partial charge < -0.3 is 4.74 Å². The molecule has 0 radical (unpaired) electrons. The standard InChI is InChI=1S/C18H15NO2/c1-12-6-7-14-4-3-5-16(17(14)19-12)13-8-10-15(11-9-13)18(20)21-2/h3-11H,1-2H3. The molecule has 0 N–H and O–H groups in total. The zero-order valence-electron chi connectivity index (χ0n) is 12.0. The van der Waals surface area contributed by atoms with Gasteiger partial charge >= 0.3 is 5.97 Å². The van der Waals surface area contributed by atoms with E-state index in [4.69, 9.17) is 4.74 Å². The Morgan fingerprint density at radius 3 is 2.48 bits per heavy atom. The van der Waals surface area contributed by atoms with Gasteiger partial charge in [0.25, 0.3) is 0 Å². The summed E-state index contributed by atoms with van der Waals surface area (Å²) >= 11 is 0. The molecular formula is C18H15NO2. The number of para-hydroxylation sites is 1. The molecule has 0 aliphatic heterocycles. The summed E-state index contributed by atoms with van der Waals surface area (Å²) in [6.45, 7) is 1.98. The minimum Gasteiger partial charge on any atom is -0.465 e. The maximum atomic E-state index is 11.5. The Morgan fingerprint density at radius 1 is 1.00 bits per heavy atom. The average molecular weight is 277 g/mol. The van der Waals surface area contributed by atoms with Gasteiger partial charge in [0.2, 0.25) is 0 Å². The second-order valence-electron chi connectivity index (χ2n) is 4.90. The van der Waals surface area contributed by atoms with E-state index in [-0.39, 0.29) is 5.97 Å². The van der Waals surface area contributed by atoms with Gasteiger partial charge in [-0.25, -0.2) is 4.79 Å². The van der Waals surface area contributed by atoms with Crippen molar-refractivity contribution < 1.29 is 9.53 Å². The van der Waals surface area contributed by atoms with E-state index in [9.17, 15) is 4.79 Å². The molecule has 21 heavy (non-hydrogen) atoms. The van der Waals surface area contributed by atoms with Crippen LogP contribution in [0.4, 0.5) is 0 Å². The van der Waals surface area contributed by atoms with Crippen LogP contribution in [0.25, 0.3) is 22.0 Å². The summed E-state index contributed by atoms with van der Waals surface area (Å²) in [5.41, 5.74) is 4.61. The first-order chi connectivity index (χ1) is 10.2. The lowest BCUT2D eigenvalue weighted by molar-refractivity contribution is 0.0601. The zero-order valence-corrected chi connectivity index (χ0v) is 12.0. The van der Waals surface area contributed by atoms with Crippen LogP contribution in [0.1, 0.15) is 16.1 Å². The number of rotatable bonds is 2. The molecule has 0 saturated heterocycles. The SMILES string of the molecule is COC(=O)c1ccc(-c2cccc3ccc(C)nc23)cc1. The Balaban J connectivity index is 2.12. The highest BCUT2D eigenvalue weighted by Crippen LogP contribution is 2.27. The van der Waals surface area contributed by atoms with E-state index in [1.165, 1.54) is 7.11 Å². The third-order valence-corrected chi connectivity index (χ3v) is 3.48. The lowest BCUT2D eigenvalue weighted by Gasteiger charge is -2.07. The Hall–Kier alpha value is -2.68. The highest BCUT2D eigenvalue weighted by atomic mass is 16.5. The first-order valence-electron chi connectivity index (χ1n) is 6.74. The van der Waals surface area contributed by atoms with Crippen molar-refractivity contribution in [2.75, 3.05) is 7.11 Å². The van der Waals surface area contributed by atoms with E-state index in [0.29, 0.717) is 5.56 Å². The van der Waals surface area contributed by atoms with Crippen LogP contribution in [0.3, 0.4) is 0 Å². The van der Waals surface area contributed by atoms with E-state index in [2.05, 4.69) is 11.1 Å². The van der Waals surface area contributed by atoms with Gasteiger partial charge in [-0.1, -0.05) is 36.4 Å². The molecule has 3 aromatic rings. The van der Waals surface area contributed by atoms with Crippen molar-refractivity contribution in [3.05, 3.63) is 65.9 Å². The predicted molar refractivity (Wildman–Crippen MR) is 83.3 cm³/mol. The number of carbonyl (C=O) groups excluding carboxylic acids is 1. The van der Waals surface area contributed by atoms with Gasteiger partial charge in [0.1, 0.15) is 0 Å². The first kappa shape index (κ1) is 13.3. The number of benzene rings is 2. The van der Waals surface area contributed by atoms with Crippen LogP contribution in [0.2, 0.25) is 0 Å². The fourth-order valence-electron chi connectivity index (χ4n) is 2.38. The number of pyridine rings is 1. The molecule has 0 unspecified atom stereocenters. The molecule has 0 aliphatic rings. The molecule has 3 nitrogen and oxygen atoms in total. The van der Waals surface area contributed by atoms with Crippen molar-refractivity contribution in [1.29, 1.82) is 0 Å². The number of aromatic nitrogens is 1. The topological polar surface area (TPSA) is 39.2 Å². The molecule has 1 aromatic heterocycles. The molecule has 3 heteroatoms. The average Bonchev–Trinajstić information content (AvgIpc) is 2.53. The second-order valence-corrected chi connectivity index (χ2v) is 4.90. The molecule has 0 amide bonds. The van der Waals surface area contributed by atoms with Gasteiger partial charge in [-0.05, 0) is 30.7 Å². The monoisotopic (exact) mass is 277 g/mol. The molecule has 104 valence electrons. The third kappa shape index (κ3) is 2.50. The molecule has 0 spiro atoms. The number of esters is 1. The lowest BCUT2D eigenvalue weighted by Crippen LogP contribution is -2.00. The van der Waals surface area contributed by atoms with Crippen LogP contribution < -0.4 is 0 Å². The van der Waals surface area contributed by atoms with Gasteiger partial charge in [-0.2, -0.15) is 0 Å². The molecule has 0 fully saturated rings. The Labute approximate surface area is 123 Å². The van der Waals surface area contributed by atoms with Gasteiger partial charge in [0.15, 0.2) is 0 Å². The summed E-state index contributed by atoms with van der Waals surface area (Å²) in [6, 6.07) is 17.6. The number of methoxy groups -OCH3 is 1. The number of aryl methyl sites for hydroxylation is 1. The van der Waals surface area contributed by atoms with Crippen LogP contribution in [0, 0.1) is 6.92 Å². The van der Waals surface area contributed by atoms with Gasteiger partial charge in [0, 0.05) is 16.6 Å². The van der Waals surface area contributed by atoms with Crippen molar-refractivity contribution in [2.24, 2.45) is 0 Å². The van der Waals surface area contributed by atoms with E-state index < -0.39 is 0 Å². The van der Waals surface area contributed by atoms with Crippen molar-refractivity contribution in [2.45, 2.75) is 6.92 Å². The fourth-order valence-corrected chi connectivity index (χ4v) is 2.38. The van der Waals surface area contributed by atoms with Crippen LogP contribution in [-0.2, 0) is 4.74 Å². The molecule has 3 rings (SSSR count). The molecular weight excluding hydrogens is 262 g/mol. The minimum atomic E-state index is -0.326. The smallest absolute Gasteiger partial charge is 0.337 e. The van der Waals surface area contributed by atoms with E-state index >= 15 is 0 Å². The van der Waals surface area contributed by atoms with Crippen LogP contribution in [0.15, 0.2) is 54.6 Å². The Morgan fingerprint density at radius 2 is 1.76 bits per heavy atom. The van der Waals surface area contributed by atoms with Gasteiger partial charge in [0.05, 0.1) is 18.2 Å². The highest BCUT2D eigenvalue weighted by Gasteiger charge is 2.08. The van der Waals surface area contributed by atoms with E-state index in [0.717, 1.165) is 27.7 Å². The van der Waals surface area contributed by atoms with Crippen LogP contribution in [-0.4, -0.2) is 18.1 Å². The summed E-state index contributed by atoms with van der Waals surface area (Å²) in [5, 5.41) is 1.11. The highest BCUT2D eigenvalue weighted by molar-refractivity contribution is 5.95. The normalized spacial score (nSPS) is 10.6. The molecule has 0 saturated carbocycles. The summed E-state index contributed by atoms with van der Waals surface area (Å²) in [4.78, 5) is 16.1. The van der Waals surface area contributed by atoms with Crippen LogP contribution >= 0.6 is 0 Å². The number of ether oxygens (including phenoxy) is 1. The molecule has 0 atom stereocenters. The van der Waals surface area contributed by atoms with Gasteiger partial charge in [-0.15, -0.1) is 0 Å². The largest absolute Gasteiger partial charge is 0.465 e. The fraction of sp³-hybridized carbons (Fsp3) is 0.111. The zero-order chi connectivity index (χ0) is 14.8. The number of nitrogens with zero attached hydrogens (tertiary/aromatic N) is 1. The number of carbonyl (C=O) groups is 1. The second kappa shape index (κ2) is 5.37. The maximum Gasteiger partial charge on any atom is 0.337 e. The Bertz CT molecular complexity index is 807. The number of hydrogen-bond donors (Lipinski definition) is 0. The quantitative estimate of drug-likeness (QED) is 0.665. The van der Waals surface area contributed by atoms with E-state index in [1.54, 1.807) is 12.1 Å². The molecule has 1 heterocycles. The molecule has 0 bridgehead atoms. The Kier molecular flexibility index (Phi) is 3.40. The lowest BCUT2D eigenvalue weighted by atomic mass is 10.0. The van der Waals surface area contributed by atoms with Crippen molar-refractivity contribution in [1.82, 2.24) is 4.98 Å². The van der Waals surface area contributed by atoms with Crippen molar-refractivity contribution >= 4 is 16.9 Å². The summed E-state index contributed by atoms with van der Waals surface area (Å²) < 4.78 is 4.72. The number of fused-ring (bicyclic) bond motifs is 1. The van der Waals surface area contributed by atoms with E-state index in [1.807, 2.05) is 43.3 Å². The summed E-state index contributed by atoms with van der Waals surface area (Å²) in [6.07, 6.45) is 0. The first-order valence-corrected chi connectivity index (χ1v) is 6.74.